The lowest BCUT2D eigenvalue weighted by Crippen LogP contribution is -2.42. The summed E-state index contributed by atoms with van der Waals surface area (Å²) in [4.78, 5) is 24.2. The molecular weight excluding hydrogens is 486 g/mol. The van der Waals surface area contributed by atoms with E-state index < -0.39 is 12.1 Å². The van der Waals surface area contributed by atoms with Crippen molar-refractivity contribution < 1.29 is 14.3 Å². The van der Waals surface area contributed by atoms with Gasteiger partial charge in [0.2, 0.25) is 11.8 Å². The third kappa shape index (κ3) is 13.5. The van der Waals surface area contributed by atoms with Crippen LogP contribution in [0.3, 0.4) is 0 Å². The van der Waals surface area contributed by atoms with E-state index in [1.165, 1.54) is 0 Å². The zero-order valence-corrected chi connectivity index (χ0v) is 22.0. The van der Waals surface area contributed by atoms with Gasteiger partial charge in [-0.25, -0.2) is 0 Å². The molecule has 12 heteroatoms. The summed E-state index contributed by atoms with van der Waals surface area (Å²) in [6.07, 6.45) is 4.06. The van der Waals surface area contributed by atoms with Crippen LogP contribution >= 0.6 is 25.3 Å². The van der Waals surface area contributed by atoms with Gasteiger partial charge in [-0.05, 0) is 61.8 Å². The van der Waals surface area contributed by atoms with Crippen LogP contribution in [0, 0.1) is 5.41 Å². The molecule has 0 aliphatic carbocycles. The smallest absolute Gasteiger partial charge is 0.237 e. The molecule has 1 aromatic carbocycles. The van der Waals surface area contributed by atoms with Crippen LogP contribution in [0.25, 0.3) is 0 Å². The van der Waals surface area contributed by atoms with Crippen molar-refractivity contribution in [2.45, 2.75) is 62.1 Å². The van der Waals surface area contributed by atoms with Gasteiger partial charge in [-0.2, -0.15) is 25.3 Å². The third-order valence-electron chi connectivity index (χ3n) is 5.36. The second kappa shape index (κ2) is 18.2. The Kier molecular flexibility index (Phi) is 16.0. The summed E-state index contributed by atoms with van der Waals surface area (Å²) in [7, 11) is 0. The van der Waals surface area contributed by atoms with E-state index in [1.807, 2.05) is 18.2 Å². The van der Waals surface area contributed by atoms with Crippen LogP contribution in [0.4, 0.5) is 0 Å². The maximum atomic E-state index is 12.2. The molecule has 0 spiro atoms. The van der Waals surface area contributed by atoms with E-state index in [4.69, 9.17) is 27.3 Å². The van der Waals surface area contributed by atoms with Crippen LogP contribution in [0.15, 0.2) is 18.2 Å². The first kappa shape index (κ1) is 30.9. The number of nitrogens with one attached hydrogen (secondary N) is 4. The molecule has 10 nitrogen and oxygen atoms in total. The fraction of sp³-hybridized carbons (Fsp3) is 0.609. The zero-order chi connectivity index (χ0) is 26.1. The van der Waals surface area contributed by atoms with Gasteiger partial charge in [0.1, 0.15) is 12.4 Å². The van der Waals surface area contributed by atoms with Gasteiger partial charge in [0.15, 0.2) is 5.96 Å². The van der Waals surface area contributed by atoms with Crippen LogP contribution in [-0.4, -0.2) is 56.1 Å². The number of benzene rings is 1. The van der Waals surface area contributed by atoms with Gasteiger partial charge < -0.3 is 37.9 Å². The molecule has 1 aromatic rings. The van der Waals surface area contributed by atoms with Gasteiger partial charge in [0, 0.05) is 24.6 Å². The Morgan fingerprint density at radius 2 is 1.40 bits per heavy atom. The highest BCUT2D eigenvalue weighted by atomic mass is 32.1. The minimum absolute atomic E-state index is 0.0622. The Balaban J connectivity index is 2.11. The highest BCUT2D eigenvalue weighted by Crippen LogP contribution is 2.20. The van der Waals surface area contributed by atoms with Gasteiger partial charge >= 0.3 is 0 Å². The number of nitrogens with two attached hydrogens (primary N) is 3. The molecule has 0 saturated carbocycles. The molecule has 0 aromatic heterocycles. The molecule has 1 rings (SSSR count). The largest absolute Gasteiger partial charge is 0.492 e. The number of hydrogen-bond acceptors (Lipinski definition) is 8. The fourth-order valence-electron chi connectivity index (χ4n) is 3.27. The maximum Gasteiger partial charge on any atom is 0.237 e. The molecule has 198 valence electrons. The Labute approximate surface area is 219 Å². The van der Waals surface area contributed by atoms with Crippen molar-refractivity contribution in [3.8, 4) is 5.75 Å². The molecule has 0 saturated heterocycles. The van der Waals surface area contributed by atoms with Crippen LogP contribution in [0.5, 0.6) is 5.75 Å². The molecule has 0 heterocycles. The van der Waals surface area contributed by atoms with E-state index in [1.54, 1.807) is 0 Å². The summed E-state index contributed by atoms with van der Waals surface area (Å²) in [5.41, 5.74) is 19.3. The van der Waals surface area contributed by atoms with E-state index in [2.05, 4.69) is 41.2 Å². The average molecular weight is 528 g/mol. The molecule has 10 N–H and O–H groups in total. The Bertz CT molecular complexity index is 798. The topological polar surface area (TPSA) is 181 Å². The van der Waals surface area contributed by atoms with E-state index in [0.29, 0.717) is 63.4 Å². The lowest BCUT2D eigenvalue weighted by molar-refractivity contribution is -0.123. The summed E-state index contributed by atoms with van der Waals surface area (Å²) in [5.74, 6) is 1.51. The van der Waals surface area contributed by atoms with Crippen molar-refractivity contribution in [2.24, 2.45) is 17.2 Å². The van der Waals surface area contributed by atoms with Crippen molar-refractivity contribution in [2.75, 3.05) is 26.2 Å². The van der Waals surface area contributed by atoms with Crippen LogP contribution in [0.2, 0.25) is 0 Å². The quantitative estimate of drug-likeness (QED) is 0.0581. The summed E-state index contributed by atoms with van der Waals surface area (Å²) in [5, 5.41) is 15.4. The van der Waals surface area contributed by atoms with Gasteiger partial charge in [0.05, 0.1) is 18.6 Å². The predicted octanol–water partition coefficient (Wildman–Crippen LogP) is 0.636. The molecule has 0 fully saturated rings. The average Bonchev–Trinajstić information content (AvgIpc) is 2.85. The van der Waals surface area contributed by atoms with Gasteiger partial charge in [0.25, 0.3) is 0 Å². The maximum absolute atomic E-state index is 12.2. The standard InChI is InChI=1S/C23H41N7O3S2/c24-19(6-2-4-10-30-23(26)27)21(31)28-9-3-1-5-20(25)22(32)29-11-12-33-18-8-7-16(14-34)17(13-18)15-35/h7-8,13,19-20,34-35H,1-6,9-12,14-15,24-25H2,(H,28,31)(H,29,32)(H4,26,27,30)/t19-,20-/m1/s1. The molecule has 35 heavy (non-hydrogen) atoms. The number of amides is 2. The number of guanidine groups is 1. The third-order valence-corrected chi connectivity index (χ3v) is 6.04. The first-order valence-electron chi connectivity index (χ1n) is 11.9. The lowest BCUT2D eigenvalue weighted by atomic mass is 10.1. The summed E-state index contributed by atoms with van der Waals surface area (Å²) >= 11 is 8.63. The predicted molar refractivity (Wildman–Crippen MR) is 147 cm³/mol. The van der Waals surface area contributed by atoms with Crippen LogP contribution < -0.4 is 37.9 Å². The molecule has 0 bridgehead atoms. The van der Waals surface area contributed by atoms with E-state index in [0.717, 1.165) is 29.7 Å². The first-order chi connectivity index (χ1) is 16.8. The Morgan fingerprint density at radius 1 is 0.857 bits per heavy atom. The number of carbonyl (C=O) groups excluding carboxylic acids is 2. The molecule has 2 atom stereocenters. The second-order valence-electron chi connectivity index (χ2n) is 8.22. The number of unbranched alkanes of at least 4 members (excludes halogenated alkanes) is 2. The molecular formula is C23H41N7O3S2. The molecule has 0 radical (unpaired) electrons. The first-order valence-corrected chi connectivity index (χ1v) is 13.2. The second-order valence-corrected chi connectivity index (χ2v) is 8.85. The summed E-state index contributed by atoms with van der Waals surface area (Å²) in [6, 6.07) is 4.61. The van der Waals surface area contributed by atoms with Crippen molar-refractivity contribution in [1.29, 1.82) is 5.41 Å². The normalized spacial score (nSPS) is 12.5. The van der Waals surface area contributed by atoms with Crippen LogP contribution in [-0.2, 0) is 21.1 Å². The van der Waals surface area contributed by atoms with E-state index in [-0.39, 0.29) is 17.8 Å². The van der Waals surface area contributed by atoms with Gasteiger partial charge in [-0.3, -0.25) is 15.0 Å². The van der Waals surface area contributed by atoms with E-state index in [9.17, 15) is 9.59 Å². The molecule has 2 amide bonds. The SMILES string of the molecule is N=C(N)NCCCC[C@@H](N)C(=O)NCCCC[C@@H](N)C(=O)NCCOc1ccc(CS)c(CS)c1. The number of ether oxygens (including phenoxy) is 1. The monoisotopic (exact) mass is 527 g/mol. The summed E-state index contributed by atoms with van der Waals surface area (Å²) < 4.78 is 5.70. The molecule has 0 aliphatic rings. The zero-order valence-electron chi connectivity index (χ0n) is 20.2. The minimum Gasteiger partial charge on any atom is -0.492 e. The van der Waals surface area contributed by atoms with Crippen molar-refractivity contribution in [1.82, 2.24) is 16.0 Å². The van der Waals surface area contributed by atoms with Crippen molar-refractivity contribution >= 4 is 43.0 Å². The van der Waals surface area contributed by atoms with Crippen LogP contribution in [0.1, 0.15) is 49.7 Å². The van der Waals surface area contributed by atoms with Crippen molar-refractivity contribution in [3.05, 3.63) is 29.3 Å². The Morgan fingerprint density at radius 3 is 1.94 bits per heavy atom. The number of hydrogen-bond donors (Lipinski definition) is 9. The fourth-order valence-corrected chi connectivity index (χ4v) is 3.88. The number of thiol groups is 2. The minimum atomic E-state index is -0.609. The Hall–Kier alpha value is -2.15. The highest BCUT2D eigenvalue weighted by Gasteiger charge is 2.14. The van der Waals surface area contributed by atoms with Gasteiger partial charge in [-0.15, -0.1) is 0 Å². The number of carbonyl (C=O) groups is 2. The highest BCUT2D eigenvalue weighted by molar-refractivity contribution is 7.79. The van der Waals surface area contributed by atoms with Gasteiger partial charge in [-0.1, -0.05) is 6.07 Å². The molecule has 0 unspecified atom stereocenters. The summed E-state index contributed by atoms with van der Waals surface area (Å²) in [6.45, 7) is 1.77. The van der Waals surface area contributed by atoms with E-state index >= 15 is 0 Å². The molecule has 0 aliphatic heterocycles. The lowest BCUT2D eigenvalue weighted by Gasteiger charge is -2.14. The number of rotatable bonds is 18. The van der Waals surface area contributed by atoms with Crippen molar-refractivity contribution in [3.63, 3.8) is 0 Å².